The highest BCUT2D eigenvalue weighted by Crippen LogP contribution is 2.18. The molecule has 0 fully saturated rings. The third-order valence-electron chi connectivity index (χ3n) is 15.3. The monoisotopic (exact) mass is 1080 g/mol. The zero-order chi connectivity index (χ0) is 55.7. The van der Waals surface area contributed by atoms with E-state index in [0.717, 1.165) is 83.5 Å². The van der Waals surface area contributed by atoms with E-state index < -0.39 is 6.10 Å². The second-order valence-electron chi connectivity index (χ2n) is 23.1. The van der Waals surface area contributed by atoms with Gasteiger partial charge in [-0.25, -0.2) is 0 Å². The number of ether oxygens (including phenoxy) is 3. The molecule has 0 saturated heterocycles. The van der Waals surface area contributed by atoms with Crippen molar-refractivity contribution < 1.29 is 28.6 Å². The van der Waals surface area contributed by atoms with Gasteiger partial charge >= 0.3 is 17.9 Å². The second kappa shape index (κ2) is 65.9. The van der Waals surface area contributed by atoms with Gasteiger partial charge in [0.25, 0.3) is 0 Å². The van der Waals surface area contributed by atoms with E-state index in [4.69, 9.17) is 14.2 Å². The molecule has 0 spiro atoms. The van der Waals surface area contributed by atoms with Crippen LogP contribution in [0.25, 0.3) is 0 Å². The molecular weight excluding hydrogens is 949 g/mol. The van der Waals surface area contributed by atoms with E-state index in [-0.39, 0.29) is 31.1 Å². The lowest BCUT2D eigenvalue weighted by Gasteiger charge is -2.18. The van der Waals surface area contributed by atoms with E-state index in [2.05, 4.69) is 69.4 Å². The molecule has 0 aromatic rings. The summed E-state index contributed by atoms with van der Waals surface area (Å²) in [6.07, 6.45) is 83.0. The Hall–Kier alpha value is -2.63. The SMILES string of the molecule is CC/C=C\C/C=C\C/C=C\C/C=C\CCCCCCCCCCCCCCCCCCC(=O)OCC(COC(=O)CCCCCCCCCC)OC(=O)CCCCCCCCCCCCCCCCCCCCCCCC. The number of hydrogen-bond donors (Lipinski definition) is 0. The predicted molar refractivity (Wildman–Crippen MR) is 335 cm³/mol. The Bertz CT molecular complexity index is 1330. The fraction of sp³-hybridized carbons (Fsp3) is 0.845. The van der Waals surface area contributed by atoms with Crippen molar-refractivity contribution in [2.45, 2.75) is 374 Å². The molecule has 0 amide bonds. The van der Waals surface area contributed by atoms with E-state index in [0.29, 0.717) is 19.3 Å². The van der Waals surface area contributed by atoms with E-state index in [1.807, 2.05) is 0 Å². The highest BCUT2D eigenvalue weighted by molar-refractivity contribution is 5.71. The average Bonchev–Trinajstić information content (AvgIpc) is 3.43. The van der Waals surface area contributed by atoms with Gasteiger partial charge in [-0.2, -0.15) is 0 Å². The number of hydrogen-bond acceptors (Lipinski definition) is 6. The molecule has 0 aromatic carbocycles. The first-order chi connectivity index (χ1) is 38.0. The van der Waals surface area contributed by atoms with Crippen LogP contribution in [-0.2, 0) is 28.6 Å². The Kier molecular flexibility index (Phi) is 63.6. The molecule has 0 aliphatic carbocycles. The quantitative estimate of drug-likeness (QED) is 0.0261. The topological polar surface area (TPSA) is 78.9 Å². The van der Waals surface area contributed by atoms with Crippen LogP contribution in [-0.4, -0.2) is 37.2 Å². The molecule has 0 heterocycles. The van der Waals surface area contributed by atoms with Gasteiger partial charge in [0, 0.05) is 19.3 Å². The van der Waals surface area contributed by atoms with Gasteiger partial charge in [0.2, 0.25) is 0 Å². The van der Waals surface area contributed by atoms with Gasteiger partial charge in [0.05, 0.1) is 0 Å². The summed E-state index contributed by atoms with van der Waals surface area (Å²) >= 11 is 0. The largest absolute Gasteiger partial charge is 0.462 e. The lowest BCUT2D eigenvalue weighted by atomic mass is 10.0. The minimum absolute atomic E-state index is 0.0666. The first-order valence-electron chi connectivity index (χ1n) is 34.1. The molecule has 0 rings (SSSR count). The Balaban J connectivity index is 4.07. The number of allylic oxidation sites excluding steroid dienone is 8. The summed E-state index contributed by atoms with van der Waals surface area (Å²) in [4.78, 5) is 38.2. The second-order valence-corrected chi connectivity index (χ2v) is 23.1. The maximum Gasteiger partial charge on any atom is 0.306 e. The Labute approximate surface area is 479 Å². The molecule has 450 valence electrons. The Morgan fingerprint density at radius 2 is 0.506 bits per heavy atom. The van der Waals surface area contributed by atoms with Gasteiger partial charge in [0.15, 0.2) is 6.10 Å². The number of rotatable bonds is 63. The lowest BCUT2D eigenvalue weighted by molar-refractivity contribution is -0.167. The number of unbranched alkanes of at least 4 members (excludes halogenated alkanes) is 44. The summed E-state index contributed by atoms with van der Waals surface area (Å²) in [5, 5.41) is 0. The highest BCUT2D eigenvalue weighted by atomic mass is 16.6. The van der Waals surface area contributed by atoms with E-state index in [9.17, 15) is 14.4 Å². The third kappa shape index (κ3) is 64.1. The van der Waals surface area contributed by atoms with Crippen molar-refractivity contribution in [1.29, 1.82) is 0 Å². The van der Waals surface area contributed by atoms with Crippen LogP contribution in [0.4, 0.5) is 0 Å². The normalized spacial score (nSPS) is 12.3. The van der Waals surface area contributed by atoms with Crippen molar-refractivity contribution in [2.75, 3.05) is 13.2 Å². The van der Waals surface area contributed by atoms with Gasteiger partial charge in [-0.05, 0) is 57.8 Å². The predicted octanol–water partition coefficient (Wildman–Crippen LogP) is 23.3. The highest BCUT2D eigenvalue weighted by Gasteiger charge is 2.19. The van der Waals surface area contributed by atoms with Gasteiger partial charge in [-0.15, -0.1) is 0 Å². The smallest absolute Gasteiger partial charge is 0.306 e. The van der Waals surface area contributed by atoms with Gasteiger partial charge in [-0.3, -0.25) is 14.4 Å². The molecule has 0 radical (unpaired) electrons. The Morgan fingerprint density at radius 1 is 0.273 bits per heavy atom. The Morgan fingerprint density at radius 3 is 0.792 bits per heavy atom. The molecule has 1 atom stereocenters. The van der Waals surface area contributed by atoms with Crippen molar-refractivity contribution in [1.82, 2.24) is 0 Å². The molecule has 6 nitrogen and oxygen atoms in total. The third-order valence-corrected chi connectivity index (χ3v) is 15.3. The van der Waals surface area contributed by atoms with Gasteiger partial charge in [0.1, 0.15) is 13.2 Å². The average molecular weight is 1080 g/mol. The summed E-state index contributed by atoms with van der Waals surface area (Å²) in [6, 6.07) is 0. The minimum Gasteiger partial charge on any atom is -0.462 e. The van der Waals surface area contributed by atoms with Crippen LogP contribution in [0.1, 0.15) is 367 Å². The lowest BCUT2D eigenvalue weighted by Crippen LogP contribution is -2.30. The van der Waals surface area contributed by atoms with Crippen LogP contribution in [0.5, 0.6) is 0 Å². The van der Waals surface area contributed by atoms with Crippen LogP contribution in [0.3, 0.4) is 0 Å². The fourth-order valence-corrected chi connectivity index (χ4v) is 10.3. The van der Waals surface area contributed by atoms with Crippen molar-refractivity contribution in [3.8, 4) is 0 Å². The number of carbonyl (C=O) groups excluding carboxylic acids is 3. The summed E-state index contributed by atoms with van der Waals surface area (Å²) in [5.74, 6) is -0.845. The minimum atomic E-state index is -0.767. The molecule has 1 unspecified atom stereocenters. The first kappa shape index (κ1) is 74.4. The zero-order valence-electron chi connectivity index (χ0n) is 51.7. The van der Waals surface area contributed by atoms with Crippen molar-refractivity contribution in [2.24, 2.45) is 0 Å². The molecule has 0 aliphatic rings. The standard InChI is InChI=1S/C71H130O6/c1-4-7-10-13-16-19-21-23-25-27-29-31-33-34-35-36-37-38-39-41-42-44-46-48-50-52-55-58-61-64-70(73)76-67-68(66-75-69(72)63-60-57-54-18-15-12-9-6-3)77-71(74)65-62-59-56-53-51-49-47-45-43-40-32-30-28-26-24-22-20-17-14-11-8-5-2/h7,10,16,19,23,25,29,31,68H,4-6,8-9,11-15,17-18,20-22,24,26-28,30,32-67H2,1-3H3/b10-7-,19-16-,25-23-,31-29-. The molecule has 6 heteroatoms. The van der Waals surface area contributed by atoms with Crippen LogP contribution < -0.4 is 0 Å². The van der Waals surface area contributed by atoms with Crippen molar-refractivity contribution in [3.63, 3.8) is 0 Å². The molecule has 0 aromatic heterocycles. The maximum atomic E-state index is 12.9. The fourth-order valence-electron chi connectivity index (χ4n) is 10.3. The maximum absolute atomic E-state index is 12.9. The van der Waals surface area contributed by atoms with E-state index in [1.165, 1.54) is 244 Å². The molecular formula is C71H130O6. The van der Waals surface area contributed by atoms with Gasteiger partial charge in [-0.1, -0.05) is 339 Å². The summed E-state index contributed by atoms with van der Waals surface area (Å²) < 4.78 is 16.9. The molecule has 77 heavy (non-hydrogen) atoms. The molecule has 0 bridgehead atoms. The molecule has 0 saturated carbocycles. The van der Waals surface area contributed by atoms with Crippen LogP contribution in [0.15, 0.2) is 48.6 Å². The molecule has 0 N–H and O–H groups in total. The summed E-state index contributed by atoms with van der Waals surface area (Å²) in [6.45, 7) is 6.56. The molecule has 0 aliphatic heterocycles. The van der Waals surface area contributed by atoms with Crippen molar-refractivity contribution >= 4 is 17.9 Å². The van der Waals surface area contributed by atoms with Gasteiger partial charge < -0.3 is 14.2 Å². The number of carbonyl (C=O) groups is 3. The van der Waals surface area contributed by atoms with E-state index in [1.54, 1.807) is 0 Å². The first-order valence-corrected chi connectivity index (χ1v) is 34.1. The van der Waals surface area contributed by atoms with Crippen molar-refractivity contribution in [3.05, 3.63) is 48.6 Å². The van der Waals surface area contributed by atoms with E-state index >= 15 is 0 Å². The zero-order valence-corrected chi connectivity index (χ0v) is 51.7. The number of esters is 3. The van der Waals surface area contributed by atoms with Crippen LogP contribution in [0, 0.1) is 0 Å². The summed E-state index contributed by atoms with van der Waals surface area (Å²) in [5.41, 5.74) is 0. The summed E-state index contributed by atoms with van der Waals surface area (Å²) in [7, 11) is 0. The van der Waals surface area contributed by atoms with Crippen LogP contribution >= 0.6 is 0 Å². The van der Waals surface area contributed by atoms with Crippen LogP contribution in [0.2, 0.25) is 0 Å².